The minimum Gasteiger partial charge on any atom is -0.490 e. The predicted octanol–water partition coefficient (Wildman–Crippen LogP) is 2.55. The van der Waals surface area contributed by atoms with Crippen molar-refractivity contribution in [2.24, 2.45) is 0 Å². The molecule has 6 heteroatoms. The average Bonchev–Trinajstić information content (AvgIpc) is 2.98. The minimum atomic E-state index is -0.177. The molecular weight excluding hydrogens is 298 g/mol. The van der Waals surface area contributed by atoms with Crippen molar-refractivity contribution in [3.63, 3.8) is 0 Å². The molecule has 1 N–H and O–H groups in total. The second-order valence-corrected chi connectivity index (χ2v) is 5.05. The number of nitrogens with zero attached hydrogens (tertiary/aromatic N) is 1. The SMILES string of the molecule is CCOC1=C/C(=C\N(O)Cc2ccc3c(c2)OCO3)C=CC1=O. The molecule has 0 spiro atoms. The lowest BCUT2D eigenvalue weighted by atomic mass is 10.1. The van der Waals surface area contributed by atoms with Crippen molar-refractivity contribution in [1.29, 1.82) is 0 Å². The molecule has 0 atom stereocenters. The second kappa shape index (κ2) is 6.58. The van der Waals surface area contributed by atoms with Crippen molar-refractivity contribution in [2.45, 2.75) is 13.5 Å². The Labute approximate surface area is 133 Å². The smallest absolute Gasteiger partial charge is 0.231 e. The molecule has 2 aliphatic rings. The van der Waals surface area contributed by atoms with Gasteiger partial charge in [-0.3, -0.25) is 15.1 Å². The first-order chi connectivity index (χ1) is 11.2. The first-order valence-corrected chi connectivity index (χ1v) is 7.28. The summed E-state index contributed by atoms with van der Waals surface area (Å²) in [6.45, 7) is 2.72. The fourth-order valence-corrected chi connectivity index (χ4v) is 2.32. The zero-order chi connectivity index (χ0) is 16.2. The van der Waals surface area contributed by atoms with E-state index in [0.29, 0.717) is 23.7 Å². The van der Waals surface area contributed by atoms with E-state index in [1.165, 1.54) is 12.3 Å². The average molecular weight is 315 g/mol. The summed E-state index contributed by atoms with van der Waals surface area (Å²) in [5, 5.41) is 11.1. The van der Waals surface area contributed by atoms with Crippen LogP contribution in [-0.4, -0.2) is 29.5 Å². The molecule has 0 bridgehead atoms. The maximum Gasteiger partial charge on any atom is 0.231 e. The van der Waals surface area contributed by atoms with Crippen LogP contribution >= 0.6 is 0 Å². The van der Waals surface area contributed by atoms with Gasteiger partial charge in [0.15, 0.2) is 17.3 Å². The van der Waals surface area contributed by atoms with E-state index in [0.717, 1.165) is 10.6 Å². The van der Waals surface area contributed by atoms with Crippen LogP contribution in [0, 0.1) is 0 Å². The van der Waals surface area contributed by atoms with Crippen LogP contribution < -0.4 is 9.47 Å². The standard InChI is InChI=1S/C17H17NO5/c1-2-21-16-7-12(3-5-14(16)19)9-18(20)10-13-4-6-15-17(8-13)23-11-22-15/h3-9,20H,2,10-11H2,1H3/b12-9-. The zero-order valence-electron chi connectivity index (χ0n) is 12.7. The Morgan fingerprint density at radius 3 is 2.96 bits per heavy atom. The molecule has 1 aliphatic carbocycles. The van der Waals surface area contributed by atoms with E-state index in [1.54, 1.807) is 12.2 Å². The predicted molar refractivity (Wildman–Crippen MR) is 81.8 cm³/mol. The number of carbonyl (C=O) groups excluding carboxylic acids is 1. The van der Waals surface area contributed by atoms with Crippen LogP contribution in [0.5, 0.6) is 11.5 Å². The van der Waals surface area contributed by atoms with E-state index in [1.807, 2.05) is 25.1 Å². The molecule has 120 valence electrons. The summed E-state index contributed by atoms with van der Waals surface area (Å²) in [7, 11) is 0. The fourth-order valence-electron chi connectivity index (χ4n) is 2.32. The summed E-state index contributed by atoms with van der Waals surface area (Å²) in [5.41, 5.74) is 1.55. The van der Waals surface area contributed by atoms with Gasteiger partial charge in [0.25, 0.3) is 0 Å². The zero-order valence-corrected chi connectivity index (χ0v) is 12.7. The molecule has 0 amide bonds. The largest absolute Gasteiger partial charge is 0.490 e. The number of hydrogen-bond acceptors (Lipinski definition) is 6. The van der Waals surface area contributed by atoms with E-state index in [-0.39, 0.29) is 24.9 Å². The van der Waals surface area contributed by atoms with Crippen LogP contribution in [0.4, 0.5) is 0 Å². The molecule has 0 aromatic heterocycles. The topological polar surface area (TPSA) is 68.2 Å². The van der Waals surface area contributed by atoms with Gasteiger partial charge in [-0.25, -0.2) is 0 Å². The van der Waals surface area contributed by atoms with E-state index in [2.05, 4.69) is 0 Å². The Hall–Kier alpha value is -2.73. The summed E-state index contributed by atoms with van der Waals surface area (Å²) >= 11 is 0. The number of hydroxylamine groups is 2. The number of ether oxygens (including phenoxy) is 3. The quantitative estimate of drug-likeness (QED) is 0.842. The maximum absolute atomic E-state index is 11.6. The number of hydrogen-bond donors (Lipinski definition) is 1. The molecule has 23 heavy (non-hydrogen) atoms. The summed E-state index contributed by atoms with van der Waals surface area (Å²) in [4.78, 5) is 11.6. The van der Waals surface area contributed by atoms with Gasteiger partial charge in [0.1, 0.15) is 0 Å². The number of benzene rings is 1. The van der Waals surface area contributed by atoms with Crippen molar-refractivity contribution in [3.05, 3.63) is 59.5 Å². The highest BCUT2D eigenvalue weighted by Gasteiger charge is 2.15. The van der Waals surface area contributed by atoms with E-state index in [9.17, 15) is 10.0 Å². The Morgan fingerprint density at radius 2 is 2.13 bits per heavy atom. The molecule has 1 aliphatic heterocycles. The molecule has 0 fully saturated rings. The van der Waals surface area contributed by atoms with Gasteiger partial charge in [-0.1, -0.05) is 6.07 Å². The molecule has 3 rings (SSSR count). The molecule has 1 heterocycles. The second-order valence-electron chi connectivity index (χ2n) is 5.05. The van der Waals surface area contributed by atoms with E-state index < -0.39 is 0 Å². The van der Waals surface area contributed by atoms with Gasteiger partial charge in [-0.2, -0.15) is 0 Å². The van der Waals surface area contributed by atoms with Crippen LogP contribution in [0.25, 0.3) is 0 Å². The summed E-state index contributed by atoms with van der Waals surface area (Å²) in [5.74, 6) is 1.47. The van der Waals surface area contributed by atoms with Crippen LogP contribution in [0.2, 0.25) is 0 Å². The van der Waals surface area contributed by atoms with Gasteiger partial charge in [0.2, 0.25) is 12.6 Å². The van der Waals surface area contributed by atoms with E-state index in [4.69, 9.17) is 14.2 Å². The van der Waals surface area contributed by atoms with Crippen LogP contribution in [0.3, 0.4) is 0 Å². The van der Waals surface area contributed by atoms with Gasteiger partial charge >= 0.3 is 0 Å². The van der Waals surface area contributed by atoms with Crippen molar-refractivity contribution in [1.82, 2.24) is 5.06 Å². The number of rotatable bonds is 5. The minimum absolute atomic E-state index is 0.177. The first kappa shape index (κ1) is 15.2. The van der Waals surface area contributed by atoms with Crippen molar-refractivity contribution < 1.29 is 24.2 Å². The monoisotopic (exact) mass is 315 g/mol. The number of fused-ring (bicyclic) bond motifs is 1. The molecule has 0 saturated heterocycles. The Bertz CT molecular complexity index is 705. The number of allylic oxidation sites excluding steroid dienone is 4. The summed E-state index contributed by atoms with van der Waals surface area (Å²) in [6.07, 6.45) is 6.19. The molecule has 6 nitrogen and oxygen atoms in total. The summed E-state index contributed by atoms with van der Waals surface area (Å²) in [6, 6.07) is 5.49. The molecule has 0 radical (unpaired) electrons. The van der Waals surface area contributed by atoms with Gasteiger partial charge in [-0.15, -0.1) is 0 Å². The maximum atomic E-state index is 11.6. The lowest BCUT2D eigenvalue weighted by molar-refractivity contribution is -0.114. The summed E-state index contributed by atoms with van der Waals surface area (Å²) < 4.78 is 15.8. The number of carbonyl (C=O) groups is 1. The lowest BCUT2D eigenvalue weighted by Gasteiger charge is -2.15. The Morgan fingerprint density at radius 1 is 1.30 bits per heavy atom. The molecule has 0 saturated carbocycles. The van der Waals surface area contributed by atoms with Gasteiger partial charge in [0, 0.05) is 6.20 Å². The molecule has 0 unspecified atom stereocenters. The fraction of sp³-hybridized carbons (Fsp3) is 0.235. The Balaban J connectivity index is 1.70. The van der Waals surface area contributed by atoms with E-state index >= 15 is 0 Å². The van der Waals surface area contributed by atoms with Crippen LogP contribution in [0.1, 0.15) is 12.5 Å². The van der Waals surface area contributed by atoms with Crippen molar-refractivity contribution in [3.8, 4) is 11.5 Å². The van der Waals surface area contributed by atoms with Crippen LogP contribution in [-0.2, 0) is 16.1 Å². The van der Waals surface area contributed by atoms with Crippen molar-refractivity contribution >= 4 is 5.78 Å². The highest BCUT2D eigenvalue weighted by atomic mass is 16.7. The number of ketones is 1. The highest BCUT2D eigenvalue weighted by molar-refractivity contribution is 6.04. The normalized spacial score (nSPS) is 17.4. The molecular formula is C17H17NO5. The van der Waals surface area contributed by atoms with Crippen molar-refractivity contribution in [2.75, 3.05) is 13.4 Å². The molecule has 1 aromatic rings. The highest BCUT2D eigenvalue weighted by Crippen LogP contribution is 2.32. The van der Waals surface area contributed by atoms with Gasteiger partial charge in [0.05, 0.1) is 13.2 Å². The lowest BCUT2D eigenvalue weighted by Crippen LogP contribution is -2.13. The Kier molecular flexibility index (Phi) is 4.34. The first-order valence-electron chi connectivity index (χ1n) is 7.28. The van der Waals surface area contributed by atoms with Crippen LogP contribution in [0.15, 0.2) is 54.0 Å². The third-order valence-electron chi connectivity index (χ3n) is 3.35. The van der Waals surface area contributed by atoms with Gasteiger partial charge in [-0.05, 0) is 48.4 Å². The molecule has 1 aromatic carbocycles. The van der Waals surface area contributed by atoms with Gasteiger partial charge < -0.3 is 14.2 Å². The third-order valence-corrected chi connectivity index (χ3v) is 3.35. The third kappa shape index (κ3) is 3.54.